The first-order chi connectivity index (χ1) is 6.70. The van der Waals surface area contributed by atoms with Gasteiger partial charge in [0.05, 0.1) is 12.4 Å². The lowest BCUT2D eigenvalue weighted by Gasteiger charge is -2.07. The average Bonchev–Trinajstić information content (AvgIpc) is 2.64. The first kappa shape index (κ1) is 10.7. The van der Waals surface area contributed by atoms with Gasteiger partial charge in [-0.15, -0.1) is 0 Å². The van der Waals surface area contributed by atoms with Crippen LogP contribution < -0.4 is 11.1 Å². The summed E-state index contributed by atoms with van der Waals surface area (Å²) >= 11 is 0. The highest BCUT2D eigenvalue weighted by Crippen LogP contribution is 1.89. The Morgan fingerprint density at radius 1 is 1.71 bits per heavy atom. The third-order valence-electron chi connectivity index (χ3n) is 1.87. The number of hydrogen-bond donors (Lipinski definition) is 2. The Hall–Kier alpha value is -1.36. The standard InChI is InChI=1S/C9H16N4O/c1-8(10)9(14)12-3-2-5-13-6-4-11-7-13/h4,6-8H,2-3,5,10H2,1H3,(H,12,14)/t8-/m0/s1. The molecule has 0 aliphatic heterocycles. The number of nitrogens with one attached hydrogen (secondary N) is 1. The van der Waals surface area contributed by atoms with E-state index in [1.807, 2.05) is 10.8 Å². The Balaban J connectivity index is 2.08. The van der Waals surface area contributed by atoms with E-state index in [-0.39, 0.29) is 5.91 Å². The normalized spacial score (nSPS) is 12.4. The third kappa shape index (κ3) is 3.57. The summed E-state index contributed by atoms with van der Waals surface area (Å²) in [6.07, 6.45) is 6.27. The van der Waals surface area contributed by atoms with Crippen molar-refractivity contribution >= 4 is 5.91 Å². The average molecular weight is 196 g/mol. The van der Waals surface area contributed by atoms with Crippen LogP contribution in [0.2, 0.25) is 0 Å². The molecule has 0 bridgehead atoms. The smallest absolute Gasteiger partial charge is 0.236 e. The molecule has 14 heavy (non-hydrogen) atoms. The molecule has 0 spiro atoms. The van der Waals surface area contributed by atoms with E-state index in [2.05, 4.69) is 10.3 Å². The van der Waals surface area contributed by atoms with Crippen LogP contribution in [0.25, 0.3) is 0 Å². The van der Waals surface area contributed by atoms with Crippen LogP contribution in [0.3, 0.4) is 0 Å². The Labute approximate surface area is 83.3 Å². The van der Waals surface area contributed by atoms with Crippen molar-refractivity contribution in [3.05, 3.63) is 18.7 Å². The predicted octanol–water partition coefficient (Wildman–Crippen LogP) is -0.263. The van der Waals surface area contributed by atoms with Gasteiger partial charge in [-0.2, -0.15) is 0 Å². The van der Waals surface area contributed by atoms with E-state index in [1.165, 1.54) is 0 Å². The zero-order valence-electron chi connectivity index (χ0n) is 8.31. The molecule has 1 atom stereocenters. The van der Waals surface area contributed by atoms with Crippen LogP contribution in [-0.2, 0) is 11.3 Å². The number of aryl methyl sites for hydroxylation is 1. The van der Waals surface area contributed by atoms with Gasteiger partial charge < -0.3 is 15.6 Å². The van der Waals surface area contributed by atoms with E-state index in [4.69, 9.17) is 5.73 Å². The van der Waals surface area contributed by atoms with Gasteiger partial charge in [-0.05, 0) is 13.3 Å². The van der Waals surface area contributed by atoms with Gasteiger partial charge in [0.15, 0.2) is 0 Å². The van der Waals surface area contributed by atoms with Crippen LogP contribution in [0.15, 0.2) is 18.7 Å². The number of carbonyl (C=O) groups is 1. The molecule has 0 radical (unpaired) electrons. The molecule has 0 aliphatic rings. The van der Waals surface area contributed by atoms with Crippen LogP contribution in [0.5, 0.6) is 0 Å². The summed E-state index contributed by atoms with van der Waals surface area (Å²) in [5.41, 5.74) is 5.39. The Kier molecular flexibility index (Phi) is 4.12. The number of hydrogen-bond acceptors (Lipinski definition) is 3. The lowest BCUT2D eigenvalue weighted by molar-refractivity contribution is -0.121. The van der Waals surface area contributed by atoms with Crippen molar-refractivity contribution < 1.29 is 4.79 Å². The summed E-state index contributed by atoms with van der Waals surface area (Å²) in [5.74, 6) is -0.101. The maximum atomic E-state index is 11.0. The fourth-order valence-electron chi connectivity index (χ4n) is 1.05. The highest BCUT2D eigenvalue weighted by atomic mass is 16.2. The van der Waals surface area contributed by atoms with Gasteiger partial charge in [-0.1, -0.05) is 0 Å². The maximum absolute atomic E-state index is 11.0. The van der Waals surface area contributed by atoms with E-state index < -0.39 is 6.04 Å². The van der Waals surface area contributed by atoms with Gasteiger partial charge in [0.1, 0.15) is 0 Å². The highest BCUT2D eigenvalue weighted by molar-refractivity contribution is 5.80. The second-order valence-electron chi connectivity index (χ2n) is 3.23. The molecule has 1 amide bonds. The minimum Gasteiger partial charge on any atom is -0.355 e. The first-order valence-electron chi connectivity index (χ1n) is 4.69. The number of nitrogens with two attached hydrogens (primary N) is 1. The zero-order valence-corrected chi connectivity index (χ0v) is 8.31. The van der Waals surface area contributed by atoms with E-state index in [0.29, 0.717) is 6.54 Å². The van der Waals surface area contributed by atoms with Crippen molar-refractivity contribution in [1.29, 1.82) is 0 Å². The molecule has 0 aliphatic carbocycles. The first-order valence-corrected chi connectivity index (χ1v) is 4.69. The molecule has 3 N–H and O–H groups in total. The minimum absolute atomic E-state index is 0.101. The van der Waals surface area contributed by atoms with Gasteiger partial charge in [0.2, 0.25) is 5.91 Å². The molecule has 1 rings (SSSR count). The molecule has 1 aromatic rings. The largest absolute Gasteiger partial charge is 0.355 e. The molecular weight excluding hydrogens is 180 g/mol. The molecule has 1 heterocycles. The second kappa shape index (κ2) is 5.39. The molecule has 5 heteroatoms. The zero-order chi connectivity index (χ0) is 10.4. The Morgan fingerprint density at radius 2 is 2.50 bits per heavy atom. The maximum Gasteiger partial charge on any atom is 0.236 e. The lowest BCUT2D eigenvalue weighted by Crippen LogP contribution is -2.38. The van der Waals surface area contributed by atoms with Gasteiger partial charge in [-0.3, -0.25) is 4.79 Å². The molecule has 0 fully saturated rings. The number of rotatable bonds is 5. The third-order valence-corrected chi connectivity index (χ3v) is 1.87. The molecule has 0 saturated carbocycles. The summed E-state index contributed by atoms with van der Waals surface area (Å²) in [4.78, 5) is 15.0. The second-order valence-corrected chi connectivity index (χ2v) is 3.23. The van der Waals surface area contributed by atoms with Gasteiger partial charge in [0, 0.05) is 25.5 Å². The van der Waals surface area contributed by atoms with Gasteiger partial charge in [-0.25, -0.2) is 4.98 Å². The predicted molar refractivity (Wildman–Crippen MR) is 53.5 cm³/mol. The fraction of sp³-hybridized carbons (Fsp3) is 0.556. The van der Waals surface area contributed by atoms with Crippen LogP contribution >= 0.6 is 0 Å². The molecular formula is C9H16N4O. The number of carbonyl (C=O) groups excluding carboxylic acids is 1. The van der Waals surface area contributed by atoms with E-state index in [9.17, 15) is 4.79 Å². The SMILES string of the molecule is C[C@H](N)C(=O)NCCCn1ccnc1. The Bertz CT molecular complexity index is 268. The van der Waals surface area contributed by atoms with Crippen molar-refractivity contribution in [3.8, 4) is 0 Å². The van der Waals surface area contributed by atoms with E-state index >= 15 is 0 Å². The van der Waals surface area contributed by atoms with E-state index in [1.54, 1.807) is 19.4 Å². The van der Waals surface area contributed by atoms with Crippen LogP contribution in [-0.4, -0.2) is 28.0 Å². The molecule has 0 saturated heterocycles. The lowest BCUT2D eigenvalue weighted by atomic mass is 10.3. The van der Waals surface area contributed by atoms with Crippen molar-refractivity contribution in [1.82, 2.24) is 14.9 Å². The summed E-state index contributed by atoms with van der Waals surface area (Å²) in [6.45, 7) is 3.18. The molecule has 1 aromatic heterocycles. The van der Waals surface area contributed by atoms with Crippen LogP contribution in [0, 0.1) is 0 Å². The summed E-state index contributed by atoms with van der Waals surface area (Å²) < 4.78 is 1.97. The number of imidazole rings is 1. The molecule has 0 unspecified atom stereocenters. The topological polar surface area (TPSA) is 72.9 Å². The van der Waals surface area contributed by atoms with E-state index in [0.717, 1.165) is 13.0 Å². The van der Waals surface area contributed by atoms with Crippen LogP contribution in [0.4, 0.5) is 0 Å². The summed E-state index contributed by atoms with van der Waals surface area (Å²) in [6, 6.07) is -0.428. The monoisotopic (exact) mass is 196 g/mol. The van der Waals surface area contributed by atoms with Gasteiger partial charge >= 0.3 is 0 Å². The quantitative estimate of drug-likeness (QED) is 0.637. The summed E-state index contributed by atoms with van der Waals surface area (Å²) in [5, 5.41) is 2.75. The van der Waals surface area contributed by atoms with Crippen molar-refractivity contribution in [2.75, 3.05) is 6.54 Å². The number of nitrogens with zero attached hydrogens (tertiary/aromatic N) is 2. The van der Waals surface area contributed by atoms with Crippen molar-refractivity contribution in [3.63, 3.8) is 0 Å². The number of amides is 1. The molecule has 78 valence electrons. The molecule has 0 aromatic carbocycles. The number of aromatic nitrogens is 2. The Morgan fingerprint density at radius 3 is 3.07 bits per heavy atom. The van der Waals surface area contributed by atoms with Crippen LogP contribution in [0.1, 0.15) is 13.3 Å². The van der Waals surface area contributed by atoms with Gasteiger partial charge in [0.25, 0.3) is 0 Å². The van der Waals surface area contributed by atoms with Crippen molar-refractivity contribution in [2.24, 2.45) is 5.73 Å². The van der Waals surface area contributed by atoms with Crippen molar-refractivity contribution in [2.45, 2.75) is 25.9 Å². The summed E-state index contributed by atoms with van der Waals surface area (Å²) in [7, 11) is 0. The minimum atomic E-state index is -0.428. The molecule has 5 nitrogen and oxygen atoms in total. The highest BCUT2D eigenvalue weighted by Gasteiger charge is 2.04. The fourth-order valence-corrected chi connectivity index (χ4v) is 1.05.